The summed E-state index contributed by atoms with van der Waals surface area (Å²) in [5, 5.41) is 9.93. The summed E-state index contributed by atoms with van der Waals surface area (Å²) in [7, 11) is 0. The van der Waals surface area contributed by atoms with Crippen LogP contribution in [0.3, 0.4) is 0 Å². The van der Waals surface area contributed by atoms with Crippen molar-refractivity contribution >= 4 is 12.1 Å². The molecule has 3 heteroatoms. The second kappa shape index (κ2) is 12.0. The van der Waals surface area contributed by atoms with Gasteiger partial charge in [0.25, 0.3) is 0 Å². The number of aliphatic hydroxyl groups excluding tert-OH is 1. The number of Topliss-reactive ketones (excluding diaryl/α,β-unsaturated/α-hetero) is 1. The molecule has 0 bridgehead atoms. The number of ketones is 1. The van der Waals surface area contributed by atoms with Gasteiger partial charge in [-0.1, -0.05) is 91.3 Å². The molecule has 1 aliphatic carbocycles. The normalized spacial score (nSPS) is 21.8. The molecule has 1 rings (SSSR count). The van der Waals surface area contributed by atoms with Gasteiger partial charge in [-0.15, -0.1) is 0 Å². The summed E-state index contributed by atoms with van der Waals surface area (Å²) in [5.74, 6) is -0.172. The number of carbonyl (C=O) groups is 2. The first-order chi connectivity index (χ1) is 14.1. The molecule has 0 fully saturated rings. The van der Waals surface area contributed by atoms with Crippen LogP contribution in [0.25, 0.3) is 0 Å². The standard InChI is InChI=1S/C27H34O3/c1-20(11-7-8-12-21(2)15-10-18-28)13-9-14-22(3)16-17-24-23(4)26(30)25(29)19-27(24,5)6/h7-18,25,29H,19H2,1-6H3/b8-7+,13-9+,15-10+,17-16+,20-11+,21-12+,22-14+/t25-/m0/s1. The van der Waals surface area contributed by atoms with Gasteiger partial charge in [-0.05, 0) is 56.8 Å². The highest BCUT2D eigenvalue weighted by Gasteiger charge is 2.36. The van der Waals surface area contributed by atoms with Crippen LogP contribution in [0.1, 0.15) is 48.0 Å². The minimum absolute atomic E-state index is 0.172. The lowest BCUT2D eigenvalue weighted by molar-refractivity contribution is -0.125. The number of aldehydes is 1. The lowest BCUT2D eigenvalue weighted by Crippen LogP contribution is -2.35. The monoisotopic (exact) mass is 406 g/mol. The van der Waals surface area contributed by atoms with E-state index in [1.807, 2.05) is 75.5 Å². The lowest BCUT2D eigenvalue weighted by atomic mass is 9.71. The maximum absolute atomic E-state index is 12.1. The molecule has 0 spiro atoms. The molecule has 0 saturated heterocycles. The molecule has 0 radical (unpaired) electrons. The predicted octanol–water partition coefficient (Wildman–Crippen LogP) is 5.93. The van der Waals surface area contributed by atoms with E-state index in [1.165, 1.54) is 6.08 Å². The van der Waals surface area contributed by atoms with Crippen LogP contribution in [-0.2, 0) is 9.59 Å². The van der Waals surface area contributed by atoms with Crippen molar-refractivity contribution in [3.8, 4) is 0 Å². The summed E-state index contributed by atoms with van der Waals surface area (Å²) >= 11 is 0. The summed E-state index contributed by atoms with van der Waals surface area (Å²) in [4.78, 5) is 22.4. The second-order valence-corrected chi connectivity index (χ2v) is 8.31. The van der Waals surface area contributed by atoms with Gasteiger partial charge in [-0.3, -0.25) is 9.59 Å². The molecule has 1 N–H and O–H groups in total. The zero-order valence-corrected chi connectivity index (χ0v) is 19.0. The summed E-state index contributed by atoms with van der Waals surface area (Å²) in [6.45, 7) is 11.9. The first-order valence-electron chi connectivity index (χ1n) is 10.2. The van der Waals surface area contributed by atoms with Crippen LogP contribution in [0.15, 0.2) is 94.7 Å². The molecular weight excluding hydrogens is 372 g/mol. The largest absolute Gasteiger partial charge is 0.385 e. The lowest BCUT2D eigenvalue weighted by Gasteiger charge is -2.34. The van der Waals surface area contributed by atoms with Gasteiger partial charge in [0.15, 0.2) is 5.78 Å². The average Bonchev–Trinajstić information content (AvgIpc) is 2.67. The van der Waals surface area contributed by atoms with Gasteiger partial charge in [-0.2, -0.15) is 0 Å². The molecule has 30 heavy (non-hydrogen) atoms. The molecule has 0 aromatic rings. The fraction of sp³-hybridized carbons (Fsp3) is 0.333. The van der Waals surface area contributed by atoms with Crippen LogP contribution >= 0.6 is 0 Å². The number of hydrogen-bond donors (Lipinski definition) is 1. The van der Waals surface area contributed by atoms with E-state index >= 15 is 0 Å². The maximum atomic E-state index is 12.1. The fourth-order valence-corrected chi connectivity index (χ4v) is 3.27. The zero-order valence-electron chi connectivity index (χ0n) is 19.0. The van der Waals surface area contributed by atoms with E-state index in [4.69, 9.17) is 0 Å². The van der Waals surface area contributed by atoms with Crippen molar-refractivity contribution in [2.75, 3.05) is 0 Å². The molecule has 0 amide bonds. The van der Waals surface area contributed by atoms with Crippen LogP contribution < -0.4 is 0 Å². The molecule has 0 unspecified atom stereocenters. The molecule has 0 aliphatic heterocycles. The Labute approximate surface area is 181 Å². The summed E-state index contributed by atoms with van der Waals surface area (Å²) in [5.41, 5.74) is 4.60. The average molecular weight is 407 g/mol. The molecule has 0 aromatic carbocycles. The van der Waals surface area contributed by atoms with Crippen molar-refractivity contribution in [3.05, 3.63) is 94.7 Å². The van der Waals surface area contributed by atoms with E-state index in [0.29, 0.717) is 12.0 Å². The number of aliphatic hydroxyl groups is 1. The van der Waals surface area contributed by atoms with Crippen molar-refractivity contribution in [3.63, 3.8) is 0 Å². The molecule has 0 aromatic heterocycles. The Balaban J connectivity index is 2.79. The third kappa shape index (κ3) is 8.30. The molecule has 160 valence electrons. The molecule has 1 aliphatic rings. The van der Waals surface area contributed by atoms with E-state index in [0.717, 1.165) is 28.6 Å². The Morgan fingerprint density at radius 3 is 1.97 bits per heavy atom. The van der Waals surface area contributed by atoms with E-state index in [-0.39, 0.29) is 11.2 Å². The van der Waals surface area contributed by atoms with Gasteiger partial charge < -0.3 is 5.11 Å². The summed E-state index contributed by atoms with van der Waals surface area (Å²) in [6, 6.07) is 0. The minimum Gasteiger partial charge on any atom is -0.385 e. The van der Waals surface area contributed by atoms with Gasteiger partial charge in [0.1, 0.15) is 12.4 Å². The van der Waals surface area contributed by atoms with Crippen LogP contribution in [-0.4, -0.2) is 23.3 Å². The quantitative estimate of drug-likeness (QED) is 0.309. The highest BCUT2D eigenvalue weighted by atomic mass is 16.3. The first kappa shape index (κ1) is 25.3. The van der Waals surface area contributed by atoms with Crippen LogP contribution in [0.5, 0.6) is 0 Å². The van der Waals surface area contributed by atoms with E-state index in [2.05, 4.69) is 13.8 Å². The Bertz CT molecular complexity index is 881. The molecule has 0 heterocycles. The minimum atomic E-state index is -0.896. The van der Waals surface area contributed by atoms with Gasteiger partial charge in [-0.25, -0.2) is 0 Å². The summed E-state index contributed by atoms with van der Waals surface area (Å²) < 4.78 is 0. The van der Waals surface area contributed by atoms with E-state index in [9.17, 15) is 14.7 Å². The Hall–Kier alpha value is -2.78. The van der Waals surface area contributed by atoms with Crippen molar-refractivity contribution in [1.82, 2.24) is 0 Å². The van der Waals surface area contributed by atoms with Crippen LogP contribution in [0, 0.1) is 5.41 Å². The molecule has 1 atom stereocenters. The fourth-order valence-electron chi connectivity index (χ4n) is 3.27. The molecule has 0 saturated carbocycles. The Kier molecular flexibility index (Phi) is 10.1. The number of hydrogen-bond acceptors (Lipinski definition) is 3. The third-order valence-corrected chi connectivity index (χ3v) is 5.01. The second-order valence-electron chi connectivity index (χ2n) is 8.31. The summed E-state index contributed by atoms with van der Waals surface area (Å²) in [6.07, 6.45) is 21.5. The Morgan fingerprint density at radius 1 is 0.900 bits per heavy atom. The van der Waals surface area contributed by atoms with Crippen molar-refractivity contribution in [2.24, 2.45) is 5.41 Å². The topological polar surface area (TPSA) is 54.4 Å². The highest BCUT2D eigenvalue weighted by Crippen LogP contribution is 2.39. The highest BCUT2D eigenvalue weighted by molar-refractivity contribution is 6.00. The van der Waals surface area contributed by atoms with Gasteiger partial charge >= 0.3 is 0 Å². The zero-order chi connectivity index (χ0) is 22.7. The van der Waals surface area contributed by atoms with Gasteiger partial charge in [0.05, 0.1) is 0 Å². The number of rotatable bonds is 8. The molecular formula is C27H34O3. The number of carbonyl (C=O) groups excluding carboxylic acids is 2. The maximum Gasteiger partial charge on any atom is 0.187 e. The SMILES string of the molecule is CC1=C(/C=C/C(C)=C/C=C/C(C)=C/C=C/C=C(C)/C=C/C=O)C(C)(C)C[C@H](O)C1=O. The van der Waals surface area contributed by atoms with E-state index < -0.39 is 6.10 Å². The van der Waals surface area contributed by atoms with Crippen molar-refractivity contribution in [1.29, 1.82) is 0 Å². The van der Waals surface area contributed by atoms with Crippen LogP contribution in [0.2, 0.25) is 0 Å². The van der Waals surface area contributed by atoms with E-state index in [1.54, 1.807) is 13.0 Å². The Morgan fingerprint density at radius 2 is 1.40 bits per heavy atom. The molecule has 3 nitrogen and oxygen atoms in total. The van der Waals surface area contributed by atoms with Crippen LogP contribution in [0.4, 0.5) is 0 Å². The predicted molar refractivity (Wildman–Crippen MR) is 126 cm³/mol. The van der Waals surface area contributed by atoms with Gasteiger partial charge in [0, 0.05) is 0 Å². The third-order valence-electron chi connectivity index (χ3n) is 5.01. The van der Waals surface area contributed by atoms with Gasteiger partial charge in [0.2, 0.25) is 0 Å². The first-order valence-corrected chi connectivity index (χ1v) is 10.2. The van der Waals surface area contributed by atoms with Crippen molar-refractivity contribution < 1.29 is 14.7 Å². The van der Waals surface area contributed by atoms with Crippen molar-refractivity contribution in [2.45, 2.75) is 54.1 Å². The number of allylic oxidation sites excluding steroid dienone is 15. The smallest absolute Gasteiger partial charge is 0.187 e.